The maximum absolute atomic E-state index is 12.7. The maximum Gasteiger partial charge on any atom is 0.336 e. The first-order valence-corrected chi connectivity index (χ1v) is 12.4. The number of carbonyl (C=O) groups is 2. The molecule has 35 heavy (non-hydrogen) atoms. The van der Waals surface area contributed by atoms with Gasteiger partial charge in [-0.05, 0) is 42.0 Å². The Morgan fingerprint density at radius 2 is 1.86 bits per heavy atom. The Labute approximate surface area is 211 Å². The standard InChI is InChI=1S/C27H33N3O4S/c1-4-34-27-29-15-22(14-28-25(31)21(17-35)13-18(2)3)30(27)16-19-9-11-20(12-10-19)23-7-5-6-8-24(23)26(32)33/h5-12,15,18,21,35H,4,13-14,16-17H2,1-3H3,(H,28,31)(H,32,33). The summed E-state index contributed by atoms with van der Waals surface area (Å²) in [6.07, 6.45) is 2.51. The number of ether oxygens (including phenoxy) is 1. The lowest BCUT2D eigenvalue weighted by Crippen LogP contribution is -2.32. The Bertz CT molecular complexity index is 1140. The summed E-state index contributed by atoms with van der Waals surface area (Å²) in [6, 6.07) is 15.2. The fourth-order valence-electron chi connectivity index (χ4n) is 4.00. The quantitative estimate of drug-likeness (QED) is 0.311. The average Bonchev–Trinajstić information content (AvgIpc) is 3.22. The molecule has 0 saturated carbocycles. The predicted molar refractivity (Wildman–Crippen MR) is 140 cm³/mol. The van der Waals surface area contributed by atoms with Crippen LogP contribution in [0.15, 0.2) is 54.7 Å². The van der Waals surface area contributed by atoms with Crippen LogP contribution in [0.25, 0.3) is 11.1 Å². The Morgan fingerprint density at radius 3 is 2.49 bits per heavy atom. The van der Waals surface area contributed by atoms with Crippen LogP contribution in [-0.2, 0) is 17.9 Å². The van der Waals surface area contributed by atoms with E-state index in [-0.39, 0.29) is 17.4 Å². The minimum absolute atomic E-state index is 0.0131. The highest BCUT2D eigenvalue weighted by Crippen LogP contribution is 2.25. The SMILES string of the molecule is CCOc1ncc(CNC(=O)C(CS)CC(C)C)n1Cc1ccc(-c2ccccc2C(=O)O)cc1. The van der Waals surface area contributed by atoms with Crippen molar-refractivity contribution in [3.8, 4) is 17.1 Å². The highest BCUT2D eigenvalue weighted by atomic mass is 32.1. The number of carboxylic acid groups (broad SMARTS) is 1. The van der Waals surface area contributed by atoms with E-state index in [1.165, 1.54) is 0 Å². The third kappa shape index (κ3) is 6.88. The molecule has 0 bridgehead atoms. The van der Waals surface area contributed by atoms with Crippen molar-refractivity contribution in [1.82, 2.24) is 14.9 Å². The molecular weight excluding hydrogens is 462 g/mol. The number of aromatic nitrogens is 2. The van der Waals surface area contributed by atoms with Crippen molar-refractivity contribution in [3.63, 3.8) is 0 Å². The molecule has 0 saturated heterocycles. The molecule has 1 amide bonds. The van der Waals surface area contributed by atoms with Gasteiger partial charge in [-0.3, -0.25) is 9.36 Å². The number of amides is 1. The summed E-state index contributed by atoms with van der Waals surface area (Å²) in [5.74, 6) is -0.184. The van der Waals surface area contributed by atoms with Crippen LogP contribution in [-0.4, -0.2) is 38.9 Å². The molecule has 7 nitrogen and oxygen atoms in total. The molecule has 0 aliphatic heterocycles. The summed E-state index contributed by atoms with van der Waals surface area (Å²) >= 11 is 4.35. The van der Waals surface area contributed by atoms with E-state index >= 15 is 0 Å². The first-order valence-electron chi connectivity index (χ1n) is 11.8. The third-order valence-corrected chi connectivity index (χ3v) is 6.17. The molecule has 1 heterocycles. The zero-order valence-corrected chi connectivity index (χ0v) is 21.3. The molecule has 0 aliphatic rings. The van der Waals surface area contributed by atoms with Gasteiger partial charge in [-0.1, -0.05) is 56.3 Å². The fraction of sp³-hybridized carbons (Fsp3) is 0.370. The lowest BCUT2D eigenvalue weighted by atomic mass is 9.98. The van der Waals surface area contributed by atoms with Crippen LogP contribution in [0.3, 0.4) is 0 Å². The van der Waals surface area contributed by atoms with E-state index in [1.807, 2.05) is 41.8 Å². The van der Waals surface area contributed by atoms with Gasteiger partial charge in [0.15, 0.2) is 0 Å². The lowest BCUT2D eigenvalue weighted by Gasteiger charge is -2.17. The van der Waals surface area contributed by atoms with Gasteiger partial charge in [-0.2, -0.15) is 12.6 Å². The van der Waals surface area contributed by atoms with Gasteiger partial charge in [-0.15, -0.1) is 0 Å². The fourth-order valence-corrected chi connectivity index (χ4v) is 4.31. The number of imidazole rings is 1. The number of carboxylic acids is 1. The molecular formula is C27H33N3O4S. The van der Waals surface area contributed by atoms with Crippen LogP contribution in [0.4, 0.5) is 0 Å². The number of aromatic carboxylic acids is 1. The number of nitrogens with one attached hydrogen (secondary N) is 1. The molecule has 0 fully saturated rings. The molecule has 1 unspecified atom stereocenters. The number of rotatable bonds is 12. The first kappa shape index (κ1) is 26.3. The number of carbonyl (C=O) groups excluding carboxylic acids is 1. The van der Waals surface area contributed by atoms with Gasteiger partial charge in [0.2, 0.25) is 5.91 Å². The summed E-state index contributed by atoms with van der Waals surface area (Å²) in [4.78, 5) is 28.6. The number of hydrogen-bond donors (Lipinski definition) is 3. The average molecular weight is 496 g/mol. The van der Waals surface area contributed by atoms with E-state index in [4.69, 9.17) is 4.74 Å². The van der Waals surface area contributed by atoms with E-state index < -0.39 is 5.97 Å². The molecule has 2 aromatic carbocycles. The molecule has 1 aromatic heterocycles. The Balaban J connectivity index is 1.78. The van der Waals surface area contributed by atoms with E-state index in [2.05, 4.69) is 36.8 Å². The minimum atomic E-state index is -0.954. The van der Waals surface area contributed by atoms with Crippen LogP contribution in [0.5, 0.6) is 6.01 Å². The van der Waals surface area contributed by atoms with Crippen molar-refractivity contribution in [2.45, 2.75) is 40.3 Å². The number of hydrogen-bond acceptors (Lipinski definition) is 5. The van der Waals surface area contributed by atoms with E-state index in [9.17, 15) is 14.7 Å². The highest BCUT2D eigenvalue weighted by Gasteiger charge is 2.19. The van der Waals surface area contributed by atoms with Crippen molar-refractivity contribution in [2.24, 2.45) is 11.8 Å². The van der Waals surface area contributed by atoms with Crippen molar-refractivity contribution in [2.75, 3.05) is 12.4 Å². The smallest absolute Gasteiger partial charge is 0.336 e. The number of nitrogens with zero attached hydrogens (tertiary/aromatic N) is 2. The zero-order chi connectivity index (χ0) is 25.4. The van der Waals surface area contributed by atoms with Crippen LogP contribution < -0.4 is 10.1 Å². The molecule has 1 atom stereocenters. The second kappa shape index (κ2) is 12.4. The lowest BCUT2D eigenvalue weighted by molar-refractivity contribution is -0.124. The summed E-state index contributed by atoms with van der Waals surface area (Å²) in [5, 5.41) is 12.5. The van der Waals surface area contributed by atoms with Gasteiger partial charge in [0.1, 0.15) is 0 Å². The summed E-state index contributed by atoms with van der Waals surface area (Å²) in [5.41, 5.74) is 3.61. The summed E-state index contributed by atoms with van der Waals surface area (Å²) < 4.78 is 7.66. The van der Waals surface area contributed by atoms with Crippen LogP contribution >= 0.6 is 12.6 Å². The molecule has 0 aliphatic carbocycles. The molecule has 3 aromatic rings. The molecule has 3 rings (SSSR count). The normalized spacial score (nSPS) is 11.9. The van der Waals surface area contributed by atoms with Crippen LogP contribution in [0.2, 0.25) is 0 Å². The van der Waals surface area contributed by atoms with E-state index in [0.29, 0.717) is 42.9 Å². The first-order chi connectivity index (χ1) is 16.8. The predicted octanol–water partition coefficient (Wildman–Crippen LogP) is 4.90. The molecule has 8 heteroatoms. The molecule has 2 N–H and O–H groups in total. The zero-order valence-electron chi connectivity index (χ0n) is 20.4. The van der Waals surface area contributed by atoms with Crippen molar-refractivity contribution < 1.29 is 19.4 Å². The minimum Gasteiger partial charge on any atom is -0.478 e. The number of benzene rings is 2. The van der Waals surface area contributed by atoms with Crippen LogP contribution in [0, 0.1) is 11.8 Å². The summed E-state index contributed by atoms with van der Waals surface area (Å²) in [7, 11) is 0. The topological polar surface area (TPSA) is 93.5 Å². The van der Waals surface area contributed by atoms with Gasteiger partial charge in [-0.25, -0.2) is 9.78 Å². The van der Waals surface area contributed by atoms with E-state index in [1.54, 1.807) is 24.4 Å². The molecule has 0 spiro atoms. The second-order valence-corrected chi connectivity index (χ2v) is 9.19. The molecule has 0 radical (unpaired) electrons. The largest absolute Gasteiger partial charge is 0.478 e. The highest BCUT2D eigenvalue weighted by molar-refractivity contribution is 7.80. The van der Waals surface area contributed by atoms with Crippen molar-refractivity contribution in [3.05, 3.63) is 71.5 Å². The van der Waals surface area contributed by atoms with Crippen molar-refractivity contribution >= 4 is 24.5 Å². The second-order valence-electron chi connectivity index (χ2n) is 8.83. The third-order valence-electron chi connectivity index (χ3n) is 5.73. The van der Waals surface area contributed by atoms with Crippen LogP contribution in [0.1, 0.15) is 48.8 Å². The monoisotopic (exact) mass is 495 g/mol. The van der Waals surface area contributed by atoms with Gasteiger partial charge >= 0.3 is 5.97 Å². The molecule has 186 valence electrons. The Morgan fingerprint density at radius 1 is 1.14 bits per heavy atom. The van der Waals surface area contributed by atoms with Gasteiger partial charge in [0.05, 0.1) is 37.2 Å². The Hall–Kier alpha value is -3.26. The van der Waals surface area contributed by atoms with Gasteiger partial charge < -0.3 is 15.2 Å². The Kier molecular flexibility index (Phi) is 9.37. The van der Waals surface area contributed by atoms with E-state index in [0.717, 1.165) is 23.2 Å². The van der Waals surface area contributed by atoms with Gasteiger partial charge in [0, 0.05) is 11.7 Å². The summed E-state index contributed by atoms with van der Waals surface area (Å²) in [6.45, 7) is 7.41. The maximum atomic E-state index is 12.7. The number of thiol groups is 1. The van der Waals surface area contributed by atoms with Crippen molar-refractivity contribution in [1.29, 1.82) is 0 Å². The van der Waals surface area contributed by atoms with Gasteiger partial charge in [0.25, 0.3) is 6.01 Å².